The third kappa shape index (κ3) is 8.67. The normalized spacial score (nSPS) is 11.6. The van der Waals surface area contributed by atoms with Gasteiger partial charge in [0.25, 0.3) is 11.8 Å². The molecule has 0 fully saturated rings. The van der Waals surface area contributed by atoms with Crippen molar-refractivity contribution in [3.05, 3.63) is 132 Å². The van der Waals surface area contributed by atoms with Gasteiger partial charge in [-0.25, -0.2) is 4.79 Å². The van der Waals surface area contributed by atoms with Crippen LogP contribution in [0.4, 0.5) is 11.4 Å². The number of thioether (sulfide) groups is 1. The lowest BCUT2D eigenvalue weighted by Gasteiger charge is -2.17. The number of carbonyl (C=O) groups excluding carboxylic acids is 4. The molecule has 0 saturated carbocycles. The summed E-state index contributed by atoms with van der Waals surface area (Å²) in [7, 11) is 1.29. The molecule has 9 heteroatoms. The fraction of sp³-hybridized carbons (Fsp3) is 0.118. The first-order valence-electron chi connectivity index (χ1n) is 13.6. The molecule has 4 aromatic rings. The molecule has 0 heterocycles. The highest BCUT2D eigenvalue weighted by Gasteiger charge is 2.21. The molecule has 4 rings (SSSR count). The standard InChI is InChI=1S/C34H31N3O5S/c1-3-30(33(40)36-28-20-11-10-19-27(28)34(41)42-2)43-26-18-12-17-25(22-26)35-32(39)29(21-23-13-6-4-7-14-23)37-31(38)24-15-8-5-9-16-24/h4-22,30H,3H2,1-2H3,(H,35,39)(H,36,40)(H,37,38)/b29-21+. The molecule has 0 aliphatic carbocycles. The average Bonchev–Trinajstić information content (AvgIpc) is 3.04. The number of anilines is 2. The zero-order valence-corrected chi connectivity index (χ0v) is 24.5. The summed E-state index contributed by atoms with van der Waals surface area (Å²) in [5.74, 6) is -1.72. The van der Waals surface area contributed by atoms with E-state index in [2.05, 4.69) is 16.0 Å². The van der Waals surface area contributed by atoms with Crippen molar-refractivity contribution in [1.82, 2.24) is 5.32 Å². The summed E-state index contributed by atoms with van der Waals surface area (Å²) in [6.07, 6.45) is 2.13. The van der Waals surface area contributed by atoms with Crippen LogP contribution in [0, 0.1) is 0 Å². The van der Waals surface area contributed by atoms with Crippen LogP contribution in [-0.2, 0) is 14.3 Å². The summed E-state index contributed by atoms with van der Waals surface area (Å²) < 4.78 is 4.82. The molecule has 4 aromatic carbocycles. The Morgan fingerprint density at radius 2 is 1.49 bits per heavy atom. The SMILES string of the molecule is CCC(Sc1cccc(NC(=O)/C(=C\c2ccccc2)NC(=O)c2ccccc2)c1)C(=O)Nc1ccccc1C(=O)OC. The van der Waals surface area contributed by atoms with Gasteiger partial charge in [-0.1, -0.05) is 73.7 Å². The fourth-order valence-electron chi connectivity index (χ4n) is 4.08. The maximum Gasteiger partial charge on any atom is 0.339 e. The van der Waals surface area contributed by atoms with Crippen LogP contribution < -0.4 is 16.0 Å². The van der Waals surface area contributed by atoms with E-state index in [4.69, 9.17) is 4.74 Å². The molecule has 1 unspecified atom stereocenters. The lowest BCUT2D eigenvalue weighted by Crippen LogP contribution is -2.30. The molecule has 0 saturated heterocycles. The Labute approximate surface area is 254 Å². The van der Waals surface area contributed by atoms with E-state index in [0.29, 0.717) is 23.4 Å². The van der Waals surface area contributed by atoms with Crippen LogP contribution in [-0.4, -0.2) is 36.1 Å². The van der Waals surface area contributed by atoms with E-state index >= 15 is 0 Å². The minimum atomic E-state index is -0.541. The smallest absolute Gasteiger partial charge is 0.339 e. The molecule has 218 valence electrons. The van der Waals surface area contributed by atoms with E-state index in [1.807, 2.05) is 49.4 Å². The Bertz CT molecular complexity index is 1620. The Kier molecular flexibility index (Phi) is 10.9. The fourth-order valence-corrected chi connectivity index (χ4v) is 5.10. The zero-order valence-electron chi connectivity index (χ0n) is 23.7. The Balaban J connectivity index is 1.49. The quantitative estimate of drug-likeness (QED) is 0.106. The van der Waals surface area contributed by atoms with Crippen LogP contribution in [0.15, 0.2) is 120 Å². The van der Waals surface area contributed by atoms with E-state index < -0.39 is 23.0 Å². The van der Waals surface area contributed by atoms with Gasteiger partial charge in [0.15, 0.2) is 0 Å². The number of hydrogen-bond donors (Lipinski definition) is 3. The zero-order chi connectivity index (χ0) is 30.6. The second-order valence-electron chi connectivity index (χ2n) is 9.31. The molecule has 3 amide bonds. The van der Waals surface area contributed by atoms with Gasteiger partial charge in [-0.15, -0.1) is 11.8 Å². The summed E-state index contributed by atoms with van der Waals surface area (Å²) in [5.41, 5.74) is 2.38. The molecule has 0 radical (unpaired) electrons. The van der Waals surface area contributed by atoms with Crippen molar-refractivity contribution < 1.29 is 23.9 Å². The first kappa shape index (κ1) is 30.8. The Morgan fingerprint density at radius 1 is 0.814 bits per heavy atom. The molecule has 0 spiro atoms. The Hall–Kier alpha value is -5.15. The number of carbonyl (C=O) groups is 4. The summed E-state index contributed by atoms with van der Waals surface area (Å²) in [6, 6.07) is 31.6. The van der Waals surface area contributed by atoms with Crippen LogP contribution in [0.1, 0.15) is 39.6 Å². The molecule has 3 N–H and O–H groups in total. The predicted molar refractivity (Wildman–Crippen MR) is 170 cm³/mol. The number of amides is 3. The van der Waals surface area contributed by atoms with Crippen molar-refractivity contribution in [2.24, 2.45) is 0 Å². The molecule has 0 aliphatic heterocycles. The molecular formula is C34H31N3O5S. The lowest BCUT2D eigenvalue weighted by atomic mass is 10.1. The third-order valence-corrected chi connectivity index (χ3v) is 7.62. The maximum atomic E-state index is 13.4. The van der Waals surface area contributed by atoms with E-state index in [0.717, 1.165) is 10.5 Å². The number of nitrogens with one attached hydrogen (secondary N) is 3. The van der Waals surface area contributed by atoms with E-state index in [1.165, 1.54) is 18.9 Å². The van der Waals surface area contributed by atoms with Gasteiger partial charge in [0, 0.05) is 16.1 Å². The average molecular weight is 594 g/mol. The van der Waals surface area contributed by atoms with Crippen molar-refractivity contribution in [2.45, 2.75) is 23.5 Å². The van der Waals surface area contributed by atoms with Crippen LogP contribution in [0.2, 0.25) is 0 Å². The summed E-state index contributed by atoms with van der Waals surface area (Å²) in [5, 5.41) is 7.95. The third-order valence-electron chi connectivity index (χ3n) is 6.26. The maximum absolute atomic E-state index is 13.4. The van der Waals surface area contributed by atoms with Crippen LogP contribution in [0.3, 0.4) is 0 Å². The van der Waals surface area contributed by atoms with Crippen molar-refractivity contribution >= 4 is 52.9 Å². The van der Waals surface area contributed by atoms with Gasteiger partial charge in [0.1, 0.15) is 5.70 Å². The van der Waals surface area contributed by atoms with Gasteiger partial charge in [0.05, 0.1) is 23.6 Å². The summed E-state index contributed by atoms with van der Waals surface area (Å²) in [4.78, 5) is 52.3. The van der Waals surface area contributed by atoms with Crippen LogP contribution in [0.5, 0.6) is 0 Å². The summed E-state index contributed by atoms with van der Waals surface area (Å²) >= 11 is 1.33. The number of ether oxygens (including phenoxy) is 1. The minimum absolute atomic E-state index is 0.0770. The van der Waals surface area contributed by atoms with E-state index in [9.17, 15) is 19.2 Å². The van der Waals surface area contributed by atoms with E-state index in [-0.39, 0.29) is 17.2 Å². The second kappa shape index (κ2) is 15.2. The van der Waals surface area contributed by atoms with Crippen LogP contribution in [0.25, 0.3) is 6.08 Å². The molecule has 1 atom stereocenters. The van der Waals surface area contributed by atoms with Gasteiger partial charge in [-0.05, 0) is 60.5 Å². The summed E-state index contributed by atoms with van der Waals surface area (Å²) in [6.45, 7) is 1.89. The molecule has 8 nitrogen and oxygen atoms in total. The number of para-hydroxylation sites is 1. The van der Waals surface area contributed by atoms with Crippen LogP contribution >= 0.6 is 11.8 Å². The highest BCUT2D eigenvalue weighted by Crippen LogP contribution is 2.29. The minimum Gasteiger partial charge on any atom is -0.465 e. The van der Waals surface area contributed by atoms with Gasteiger partial charge in [0.2, 0.25) is 5.91 Å². The Morgan fingerprint density at radius 3 is 2.19 bits per heavy atom. The van der Waals surface area contributed by atoms with Crippen molar-refractivity contribution in [3.8, 4) is 0 Å². The van der Waals surface area contributed by atoms with Gasteiger partial charge in [-0.2, -0.15) is 0 Å². The van der Waals surface area contributed by atoms with Gasteiger partial charge in [-0.3, -0.25) is 14.4 Å². The van der Waals surface area contributed by atoms with Crippen molar-refractivity contribution in [3.63, 3.8) is 0 Å². The molecule has 0 bridgehead atoms. The largest absolute Gasteiger partial charge is 0.465 e. The number of esters is 1. The number of hydrogen-bond acceptors (Lipinski definition) is 6. The van der Waals surface area contributed by atoms with Gasteiger partial charge >= 0.3 is 5.97 Å². The first-order chi connectivity index (χ1) is 20.9. The van der Waals surface area contributed by atoms with Crippen molar-refractivity contribution in [1.29, 1.82) is 0 Å². The monoisotopic (exact) mass is 593 g/mol. The predicted octanol–water partition coefficient (Wildman–Crippen LogP) is 6.39. The second-order valence-corrected chi connectivity index (χ2v) is 10.6. The van der Waals surface area contributed by atoms with E-state index in [1.54, 1.807) is 72.8 Å². The van der Waals surface area contributed by atoms with Gasteiger partial charge < -0.3 is 20.7 Å². The number of rotatable bonds is 11. The lowest BCUT2D eigenvalue weighted by molar-refractivity contribution is -0.116. The molecule has 43 heavy (non-hydrogen) atoms. The molecular weight excluding hydrogens is 562 g/mol. The highest BCUT2D eigenvalue weighted by molar-refractivity contribution is 8.00. The number of benzene rings is 4. The highest BCUT2D eigenvalue weighted by atomic mass is 32.2. The molecule has 0 aromatic heterocycles. The number of methoxy groups -OCH3 is 1. The topological polar surface area (TPSA) is 114 Å². The van der Waals surface area contributed by atoms with Crippen molar-refractivity contribution in [2.75, 3.05) is 17.7 Å². The first-order valence-corrected chi connectivity index (χ1v) is 14.4. The molecule has 0 aliphatic rings.